The normalized spacial score (nSPS) is 32.7. The molecule has 0 unspecified atom stereocenters. The zero-order valence-electron chi connectivity index (χ0n) is 36.8. The van der Waals surface area contributed by atoms with Crippen molar-refractivity contribution in [3.8, 4) is 23.0 Å². The van der Waals surface area contributed by atoms with Gasteiger partial charge in [0.1, 0.15) is 23.4 Å². The molecule has 7 rings (SSSR count). The second kappa shape index (κ2) is 18.7. The molecule has 0 spiro atoms. The summed E-state index contributed by atoms with van der Waals surface area (Å²) in [4.78, 5) is 43.0. The van der Waals surface area contributed by atoms with Crippen LogP contribution in [0.1, 0.15) is 95.6 Å². The number of aliphatic hydroxyl groups excluding tert-OH is 3. The Morgan fingerprint density at radius 3 is 2.21 bits per heavy atom. The van der Waals surface area contributed by atoms with Gasteiger partial charge in [-0.25, -0.2) is 0 Å². The number of aromatic hydroxyl groups is 3. The molecule has 1 saturated heterocycles. The molecule has 2 aromatic carbocycles. The number of amides is 1. The number of allylic oxidation sites excluding steroid dienone is 2. The largest absolute Gasteiger partial charge is 0.507 e. The Morgan fingerprint density at radius 1 is 0.903 bits per heavy atom. The predicted molar refractivity (Wildman–Crippen MR) is 232 cm³/mol. The van der Waals surface area contributed by atoms with Crippen LogP contribution in [-0.2, 0) is 19.1 Å². The number of phenols is 3. The van der Waals surface area contributed by atoms with Gasteiger partial charge in [0, 0.05) is 86.3 Å². The summed E-state index contributed by atoms with van der Waals surface area (Å²) in [7, 11) is 0. The smallest absolute Gasteiger partial charge is 0.312 e. The van der Waals surface area contributed by atoms with Gasteiger partial charge in [-0.1, -0.05) is 58.8 Å². The molecule has 16 heteroatoms. The van der Waals surface area contributed by atoms with Crippen molar-refractivity contribution in [3.05, 3.63) is 52.8 Å². The number of phenolic OH excluding ortho intramolecular Hbond substituents is 3. The molecule has 4 aliphatic heterocycles. The first-order chi connectivity index (χ1) is 29.3. The summed E-state index contributed by atoms with van der Waals surface area (Å²) in [5.74, 6) is -8.93. The van der Waals surface area contributed by atoms with Gasteiger partial charge in [-0.15, -0.1) is 0 Å². The van der Waals surface area contributed by atoms with Crippen molar-refractivity contribution in [2.24, 2.45) is 28.8 Å². The number of anilines is 1. The van der Waals surface area contributed by atoms with Crippen LogP contribution in [0.2, 0.25) is 0 Å². The number of rotatable bonds is 4. The zero-order valence-corrected chi connectivity index (χ0v) is 36.8. The fourth-order valence-corrected chi connectivity index (χ4v) is 9.19. The van der Waals surface area contributed by atoms with Crippen molar-refractivity contribution in [1.29, 1.82) is 0 Å². The van der Waals surface area contributed by atoms with Crippen LogP contribution in [-0.4, -0.2) is 127 Å². The number of carbonyl (C=O) groups excluding carboxylic acids is 3. The van der Waals surface area contributed by atoms with Gasteiger partial charge in [-0.05, 0) is 32.8 Å². The third-order valence-electron chi connectivity index (χ3n) is 13.3. The highest BCUT2D eigenvalue weighted by atomic mass is 16.7. The molecule has 5 aliphatic rings. The lowest BCUT2D eigenvalue weighted by Crippen LogP contribution is -2.47. The standard InChI is InChI=1S/C46H62N4O12/c1-23-12-11-13-24(2)45(59)48-36-31(22-47-50-19-17-49(18-20-50)30-14-9-10-15-30)40(56)33-34(41(36)57)39(55)28(6)43-35(33)44(58)46(8,62-43)60-21-16-32(52)25(3)42(61-29(7)51)27(5)38(54)26(4)37(23)53/h11-13,16,21-23,25-27,30,32,37-38,42,52-57H,9-10,14-15,17-20H2,1-8H3,(H,48,59)/b12-11+,21-16+,24-13-,47-22+/t23-,25+,26+,27+,32-,37-,38+,42+,46-/m0/s1. The van der Waals surface area contributed by atoms with E-state index in [1.807, 2.05) is 5.01 Å². The van der Waals surface area contributed by atoms with Gasteiger partial charge in [-0.3, -0.25) is 24.3 Å². The van der Waals surface area contributed by atoms with E-state index >= 15 is 0 Å². The molecular formula is C46H62N4O12. The van der Waals surface area contributed by atoms with Crippen molar-refractivity contribution in [1.82, 2.24) is 9.91 Å². The second-order valence-corrected chi connectivity index (χ2v) is 17.6. The molecule has 9 atom stereocenters. The lowest BCUT2D eigenvalue weighted by atomic mass is 9.78. The fraction of sp³-hybridized carbons (Fsp3) is 0.565. The summed E-state index contributed by atoms with van der Waals surface area (Å²) >= 11 is 0. The highest BCUT2D eigenvalue weighted by Gasteiger charge is 2.50. The molecule has 62 heavy (non-hydrogen) atoms. The summed E-state index contributed by atoms with van der Waals surface area (Å²) in [6.07, 6.45) is 8.45. The van der Waals surface area contributed by atoms with E-state index in [4.69, 9.17) is 14.2 Å². The van der Waals surface area contributed by atoms with E-state index in [1.54, 1.807) is 39.8 Å². The minimum atomic E-state index is -2.10. The lowest BCUT2D eigenvalue weighted by molar-refractivity contribution is -0.159. The molecule has 0 aromatic heterocycles. The van der Waals surface area contributed by atoms with Crippen LogP contribution in [0.25, 0.3) is 10.8 Å². The molecule has 2 fully saturated rings. The first-order valence-electron chi connectivity index (χ1n) is 21.5. The van der Waals surface area contributed by atoms with Gasteiger partial charge in [0.2, 0.25) is 0 Å². The number of piperazine rings is 1. The molecule has 5 bridgehead atoms. The third kappa shape index (κ3) is 9.01. The number of hydrogen-bond acceptors (Lipinski definition) is 15. The SMILES string of the molecule is CC(=O)O[C@H]1[C@H](C)[C@H](O)[C@H](C)[C@@H](O)[C@@H](C)/C=C/C=C(/C)C(=O)Nc2c(/C=N/N3CCN(C4CCCC4)CC3)c(O)c3c4c(c(C)c(O)c3c2O)O[C@](C)(O/C=C/[C@H](O)[C@H]1C)C4=O. The van der Waals surface area contributed by atoms with E-state index in [2.05, 4.69) is 15.3 Å². The Morgan fingerprint density at radius 2 is 1.56 bits per heavy atom. The Balaban J connectivity index is 1.46. The van der Waals surface area contributed by atoms with Crippen molar-refractivity contribution >= 4 is 40.3 Å². The highest BCUT2D eigenvalue weighted by molar-refractivity contribution is 6.23. The van der Waals surface area contributed by atoms with Crippen LogP contribution in [0.4, 0.5) is 5.69 Å². The van der Waals surface area contributed by atoms with Crippen molar-refractivity contribution in [2.45, 2.75) is 117 Å². The van der Waals surface area contributed by atoms with E-state index in [0.29, 0.717) is 19.1 Å². The Hall–Kier alpha value is -5.16. The minimum Gasteiger partial charge on any atom is -0.507 e. The first-order valence-corrected chi connectivity index (χ1v) is 21.5. The summed E-state index contributed by atoms with van der Waals surface area (Å²) in [5.41, 5.74) is -0.402. The van der Waals surface area contributed by atoms with Crippen LogP contribution in [0.3, 0.4) is 0 Å². The maximum Gasteiger partial charge on any atom is 0.312 e. The maximum absolute atomic E-state index is 14.4. The number of Topliss-reactive ketones (excluding diaryl/α,β-unsaturated/α-hetero) is 1. The minimum absolute atomic E-state index is 0.0355. The van der Waals surface area contributed by atoms with Crippen molar-refractivity contribution in [2.75, 3.05) is 31.5 Å². The summed E-state index contributed by atoms with van der Waals surface area (Å²) in [5, 5.41) is 78.4. The Kier molecular flexibility index (Phi) is 14.0. The van der Waals surface area contributed by atoms with E-state index in [0.717, 1.165) is 19.4 Å². The lowest BCUT2D eigenvalue weighted by Gasteiger charge is -2.37. The van der Waals surface area contributed by atoms with Crippen LogP contribution in [0.15, 0.2) is 41.2 Å². The van der Waals surface area contributed by atoms with Gasteiger partial charge in [0.05, 0.1) is 53.0 Å². The maximum atomic E-state index is 14.4. The number of esters is 1. The average Bonchev–Trinajstić information content (AvgIpc) is 3.88. The summed E-state index contributed by atoms with van der Waals surface area (Å²) in [6.45, 7) is 14.9. The van der Waals surface area contributed by atoms with E-state index in [1.165, 1.54) is 71.7 Å². The molecule has 338 valence electrons. The second-order valence-electron chi connectivity index (χ2n) is 17.6. The first kappa shape index (κ1) is 46.3. The summed E-state index contributed by atoms with van der Waals surface area (Å²) in [6, 6.07) is 0.548. The van der Waals surface area contributed by atoms with Crippen LogP contribution in [0.5, 0.6) is 23.0 Å². The molecule has 7 N–H and O–H groups in total. The van der Waals surface area contributed by atoms with Crippen LogP contribution in [0, 0.1) is 30.6 Å². The number of ether oxygens (including phenoxy) is 3. The monoisotopic (exact) mass is 862 g/mol. The molecule has 1 saturated carbocycles. The number of benzene rings is 2. The highest BCUT2D eigenvalue weighted by Crippen LogP contribution is 2.55. The molecule has 2 aromatic rings. The summed E-state index contributed by atoms with van der Waals surface area (Å²) < 4.78 is 17.6. The van der Waals surface area contributed by atoms with E-state index < -0.39 is 88.8 Å². The number of hydrazone groups is 1. The number of ketones is 1. The van der Waals surface area contributed by atoms with Gasteiger partial charge >= 0.3 is 11.8 Å². The van der Waals surface area contributed by atoms with E-state index in [-0.39, 0.29) is 44.5 Å². The van der Waals surface area contributed by atoms with Gasteiger partial charge in [0.15, 0.2) is 5.75 Å². The number of fused-ring (bicyclic) bond motifs is 14. The van der Waals surface area contributed by atoms with Gasteiger partial charge in [0.25, 0.3) is 11.7 Å². The average molecular weight is 863 g/mol. The molecule has 1 amide bonds. The van der Waals surface area contributed by atoms with Gasteiger partial charge < -0.3 is 50.2 Å². The van der Waals surface area contributed by atoms with E-state index in [9.17, 15) is 45.0 Å². The Labute approximate surface area is 362 Å². The van der Waals surface area contributed by atoms with Crippen molar-refractivity contribution in [3.63, 3.8) is 0 Å². The number of nitrogens with zero attached hydrogens (tertiary/aromatic N) is 3. The molecule has 1 aliphatic carbocycles. The number of hydrogen-bond donors (Lipinski definition) is 7. The number of carbonyl (C=O) groups is 3. The molecule has 0 radical (unpaired) electrons. The number of aliphatic hydroxyl groups is 3. The number of nitrogens with one attached hydrogen (secondary N) is 1. The third-order valence-corrected chi connectivity index (χ3v) is 13.3. The molecule has 4 heterocycles. The molecular weight excluding hydrogens is 801 g/mol. The Bertz CT molecular complexity index is 2170. The zero-order chi connectivity index (χ0) is 45.4. The predicted octanol–water partition coefficient (Wildman–Crippen LogP) is 4.99. The van der Waals surface area contributed by atoms with Gasteiger partial charge in [-0.2, -0.15) is 5.10 Å². The fourth-order valence-electron chi connectivity index (χ4n) is 9.19. The topological polar surface area (TPSA) is 231 Å². The molecule has 16 nitrogen and oxygen atoms in total. The quantitative estimate of drug-likeness (QED) is 0.0930. The van der Waals surface area contributed by atoms with Crippen LogP contribution < -0.4 is 10.1 Å². The van der Waals surface area contributed by atoms with Crippen LogP contribution >= 0.6 is 0 Å². The van der Waals surface area contributed by atoms with Crippen molar-refractivity contribution < 1.29 is 59.2 Å².